The number of nitriles is 2. The molecule has 20 heavy (non-hydrogen) atoms. The normalized spacial score (nSPS) is 9.55. The lowest BCUT2D eigenvalue weighted by molar-refractivity contribution is 0.326. The van der Waals surface area contributed by atoms with E-state index in [4.69, 9.17) is 10.5 Å². The summed E-state index contributed by atoms with van der Waals surface area (Å²) >= 11 is 0. The van der Waals surface area contributed by atoms with Gasteiger partial charge in [0.05, 0.1) is 6.61 Å². The van der Waals surface area contributed by atoms with Crippen LogP contribution in [0.4, 0.5) is 5.82 Å². The van der Waals surface area contributed by atoms with Crippen LogP contribution in [0.15, 0.2) is 24.5 Å². The third-order valence-corrected chi connectivity index (χ3v) is 2.67. The first kappa shape index (κ1) is 13.3. The predicted molar refractivity (Wildman–Crippen MR) is 72.5 cm³/mol. The Labute approximate surface area is 116 Å². The van der Waals surface area contributed by atoms with Gasteiger partial charge in [-0.15, -0.1) is 0 Å². The molecule has 6 nitrogen and oxygen atoms in total. The topological polar surface area (TPSA) is 109 Å². The Bertz CT molecular complexity index is 713. The molecule has 0 amide bonds. The van der Waals surface area contributed by atoms with Gasteiger partial charge >= 0.3 is 0 Å². The van der Waals surface area contributed by atoms with Crippen molar-refractivity contribution in [2.24, 2.45) is 0 Å². The standard InChI is InChI=1S/C14H11N5O/c1-2-20-14-11(8-16)12(9-3-5-18-6-4-9)10(7-15)13(17)19-14/h3-6H,2H2,1H3,(H2,17,19). The van der Waals surface area contributed by atoms with Gasteiger partial charge in [0, 0.05) is 18.0 Å². The van der Waals surface area contributed by atoms with E-state index in [1.165, 1.54) is 0 Å². The van der Waals surface area contributed by atoms with Crippen LogP contribution in [0.5, 0.6) is 5.88 Å². The van der Waals surface area contributed by atoms with E-state index in [0.717, 1.165) is 0 Å². The quantitative estimate of drug-likeness (QED) is 0.907. The fourth-order valence-corrected chi connectivity index (χ4v) is 1.85. The first-order valence-electron chi connectivity index (χ1n) is 5.89. The van der Waals surface area contributed by atoms with Crippen LogP contribution in [0.2, 0.25) is 0 Å². The summed E-state index contributed by atoms with van der Waals surface area (Å²) in [4.78, 5) is 7.90. The minimum Gasteiger partial charge on any atom is -0.477 e. The molecule has 98 valence electrons. The summed E-state index contributed by atoms with van der Waals surface area (Å²) in [6.45, 7) is 2.13. The van der Waals surface area contributed by atoms with Crippen molar-refractivity contribution >= 4 is 5.82 Å². The maximum absolute atomic E-state index is 9.36. The van der Waals surface area contributed by atoms with Crippen molar-refractivity contribution in [1.82, 2.24) is 9.97 Å². The number of hydrogen-bond donors (Lipinski definition) is 1. The van der Waals surface area contributed by atoms with Crippen LogP contribution in [0, 0.1) is 22.7 Å². The number of nitrogens with two attached hydrogens (primary N) is 1. The molecule has 0 spiro atoms. The highest BCUT2D eigenvalue weighted by Crippen LogP contribution is 2.34. The van der Waals surface area contributed by atoms with Gasteiger partial charge < -0.3 is 10.5 Å². The number of aromatic nitrogens is 2. The summed E-state index contributed by atoms with van der Waals surface area (Å²) in [5.41, 5.74) is 7.24. The average Bonchev–Trinajstić information content (AvgIpc) is 2.48. The number of anilines is 1. The lowest BCUT2D eigenvalue weighted by Gasteiger charge is -2.12. The first-order chi connectivity index (χ1) is 9.72. The van der Waals surface area contributed by atoms with Gasteiger partial charge in [0.15, 0.2) is 0 Å². The minimum absolute atomic E-state index is 0.0433. The van der Waals surface area contributed by atoms with Gasteiger partial charge in [-0.1, -0.05) is 0 Å². The summed E-state index contributed by atoms with van der Waals surface area (Å²) in [6, 6.07) is 7.43. The first-order valence-corrected chi connectivity index (χ1v) is 5.89. The Morgan fingerprint density at radius 1 is 1.20 bits per heavy atom. The summed E-state index contributed by atoms with van der Waals surface area (Å²) in [7, 11) is 0. The van der Waals surface area contributed by atoms with E-state index in [1.54, 1.807) is 31.5 Å². The van der Waals surface area contributed by atoms with Crippen molar-refractivity contribution in [1.29, 1.82) is 10.5 Å². The zero-order valence-electron chi connectivity index (χ0n) is 10.8. The molecule has 0 bridgehead atoms. The van der Waals surface area contributed by atoms with E-state index >= 15 is 0 Å². The van der Waals surface area contributed by atoms with Crippen LogP contribution in [0.3, 0.4) is 0 Å². The predicted octanol–water partition coefficient (Wildman–Crippen LogP) is 1.87. The van der Waals surface area contributed by atoms with Crippen molar-refractivity contribution in [3.05, 3.63) is 35.7 Å². The Balaban J connectivity index is 2.83. The molecule has 2 rings (SSSR count). The van der Waals surface area contributed by atoms with Crippen LogP contribution < -0.4 is 10.5 Å². The van der Waals surface area contributed by atoms with E-state index in [0.29, 0.717) is 17.7 Å². The van der Waals surface area contributed by atoms with Crippen LogP contribution >= 0.6 is 0 Å². The van der Waals surface area contributed by atoms with Crippen molar-refractivity contribution in [2.45, 2.75) is 6.92 Å². The van der Waals surface area contributed by atoms with Crippen molar-refractivity contribution in [3.63, 3.8) is 0 Å². The number of nitrogens with zero attached hydrogens (tertiary/aromatic N) is 4. The molecule has 2 aromatic heterocycles. The highest BCUT2D eigenvalue weighted by molar-refractivity contribution is 5.82. The van der Waals surface area contributed by atoms with Gasteiger partial charge in [0.2, 0.25) is 5.88 Å². The maximum Gasteiger partial charge on any atom is 0.234 e. The minimum atomic E-state index is 0.0433. The Hall–Kier alpha value is -3.12. The number of rotatable bonds is 3. The molecule has 0 saturated carbocycles. The maximum atomic E-state index is 9.36. The zero-order valence-corrected chi connectivity index (χ0v) is 10.8. The Morgan fingerprint density at radius 2 is 1.85 bits per heavy atom. The lowest BCUT2D eigenvalue weighted by Crippen LogP contribution is -2.05. The van der Waals surface area contributed by atoms with Gasteiger partial charge in [0.25, 0.3) is 0 Å². The van der Waals surface area contributed by atoms with Crippen LogP contribution in [-0.4, -0.2) is 16.6 Å². The van der Waals surface area contributed by atoms with Gasteiger partial charge in [0.1, 0.15) is 29.1 Å². The van der Waals surface area contributed by atoms with Crippen LogP contribution in [0.1, 0.15) is 18.1 Å². The Morgan fingerprint density at radius 3 is 2.40 bits per heavy atom. The summed E-state index contributed by atoms with van der Waals surface area (Å²) in [5, 5.41) is 18.6. The van der Waals surface area contributed by atoms with E-state index in [2.05, 4.69) is 9.97 Å². The summed E-state index contributed by atoms with van der Waals surface area (Å²) in [5.74, 6) is 0.181. The van der Waals surface area contributed by atoms with Crippen molar-refractivity contribution in [3.8, 4) is 29.1 Å². The second-order valence-corrected chi connectivity index (χ2v) is 3.82. The van der Waals surface area contributed by atoms with Gasteiger partial charge in [-0.3, -0.25) is 4.98 Å². The fraction of sp³-hybridized carbons (Fsp3) is 0.143. The molecule has 0 aromatic carbocycles. The zero-order chi connectivity index (χ0) is 14.5. The second-order valence-electron chi connectivity index (χ2n) is 3.82. The fourth-order valence-electron chi connectivity index (χ4n) is 1.85. The van der Waals surface area contributed by atoms with Gasteiger partial charge in [-0.05, 0) is 24.6 Å². The molecule has 2 heterocycles. The SMILES string of the molecule is CCOc1nc(N)c(C#N)c(-c2ccncc2)c1C#N. The summed E-state index contributed by atoms with van der Waals surface area (Å²) in [6.07, 6.45) is 3.16. The smallest absolute Gasteiger partial charge is 0.234 e. The van der Waals surface area contributed by atoms with Crippen molar-refractivity contribution in [2.75, 3.05) is 12.3 Å². The number of pyridine rings is 2. The molecule has 0 aliphatic heterocycles. The largest absolute Gasteiger partial charge is 0.477 e. The molecule has 2 aromatic rings. The van der Waals surface area contributed by atoms with E-state index < -0.39 is 0 Å². The summed E-state index contributed by atoms with van der Waals surface area (Å²) < 4.78 is 5.33. The van der Waals surface area contributed by atoms with E-state index in [9.17, 15) is 10.5 Å². The second kappa shape index (κ2) is 5.68. The molecule has 0 atom stereocenters. The average molecular weight is 265 g/mol. The van der Waals surface area contributed by atoms with E-state index in [-0.39, 0.29) is 22.8 Å². The highest BCUT2D eigenvalue weighted by Gasteiger charge is 2.20. The molecule has 0 unspecified atom stereocenters. The monoisotopic (exact) mass is 265 g/mol. The lowest BCUT2D eigenvalue weighted by atomic mass is 9.97. The third kappa shape index (κ3) is 2.23. The van der Waals surface area contributed by atoms with Crippen LogP contribution in [0.25, 0.3) is 11.1 Å². The molecular weight excluding hydrogens is 254 g/mol. The molecular formula is C14H11N5O. The Kier molecular flexibility index (Phi) is 3.78. The van der Waals surface area contributed by atoms with Gasteiger partial charge in [-0.25, -0.2) is 0 Å². The third-order valence-electron chi connectivity index (χ3n) is 2.67. The number of nitrogen functional groups attached to an aromatic ring is 1. The van der Waals surface area contributed by atoms with Crippen molar-refractivity contribution < 1.29 is 4.74 Å². The van der Waals surface area contributed by atoms with Gasteiger partial charge in [-0.2, -0.15) is 15.5 Å². The molecule has 0 aliphatic rings. The number of hydrogen-bond acceptors (Lipinski definition) is 6. The molecule has 0 fully saturated rings. The molecule has 6 heteroatoms. The molecule has 0 radical (unpaired) electrons. The molecule has 0 saturated heterocycles. The molecule has 0 aliphatic carbocycles. The van der Waals surface area contributed by atoms with E-state index in [1.807, 2.05) is 12.1 Å². The van der Waals surface area contributed by atoms with Crippen LogP contribution in [-0.2, 0) is 0 Å². The molecule has 2 N–H and O–H groups in total. The number of ether oxygens (including phenoxy) is 1. The highest BCUT2D eigenvalue weighted by atomic mass is 16.5.